The van der Waals surface area contributed by atoms with Crippen LogP contribution in [-0.4, -0.2) is 25.1 Å². The lowest BCUT2D eigenvalue weighted by Gasteiger charge is -2.12. The molecule has 0 amide bonds. The maximum Gasteiger partial charge on any atom is 0.161 e. The van der Waals surface area contributed by atoms with Crippen molar-refractivity contribution in [1.82, 2.24) is 0 Å². The Morgan fingerprint density at radius 2 is 1.93 bits per heavy atom. The van der Waals surface area contributed by atoms with Crippen molar-refractivity contribution in [2.24, 2.45) is 0 Å². The second-order valence-corrected chi connectivity index (χ2v) is 3.18. The minimum atomic E-state index is -0.571. The zero-order chi connectivity index (χ0) is 10.6. The summed E-state index contributed by atoms with van der Waals surface area (Å²) < 4.78 is 10.2. The van der Waals surface area contributed by atoms with Gasteiger partial charge in [0.1, 0.15) is 0 Å². The molecular weight excluding hydrogens is 200 g/mol. The number of aliphatic hydroxyl groups excluding tert-OH is 1. The van der Waals surface area contributed by atoms with E-state index in [1.165, 1.54) is 0 Å². The van der Waals surface area contributed by atoms with Gasteiger partial charge in [0.2, 0.25) is 0 Å². The molecule has 1 aromatic rings. The van der Waals surface area contributed by atoms with E-state index in [0.29, 0.717) is 17.3 Å². The number of benzene rings is 1. The second-order valence-electron chi connectivity index (χ2n) is 2.81. The Bertz CT molecular complexity index is 301. The highest BCUT2D eigenvalue weighted by Crippen LogP contribution is 2.30. The standard InChI is InChI=1S/C10H14O3S/c1-12-9-4-3-7(8(11)6-14)5-10(9)13-2/h3-5,8,11,14H,6H2,1-2H3. The fourth-order valence-electron chi connectivity index (χ4n) is 1.17. The van der Waals surface area contributed by atoms with Crippen LogP contribution in [0, 0.1) is 0 Å². The number of thiol groups is 1. The molecule has 0 aliphatic rings. The number of hydrogen-bond acceptors (Lipinski definition) is 4. The van der Waals surface area contributed by atoms with Gasteiger partial charge in [-0.05, 0) is 17.7 Å². The highest BCUT2D eigenvalue weighted by atomic mass is 32.1. The van der Waals surface area contributed by atoms with Crippen molar-refractivity contribution < 1.29 is 14.6 Å². The van der Waals surface area contributed by atoms with E-state index in [-0.39, 0.29) is 0 Å². The molecule has 14 heavy (non-hydrogen) atoms. The van der Waals surface area contributed by atoms with Crippen LogP contribution in [0.15, 0.2) is 18.2 Å². The molecule has 4 heteroatoms. The molecule has 1 N–H and O–H groups in total. The minimum absolute atomic E-state index is 0.384. The van der Waals surface area contributed by atoms with Gasteiger partial charge in [-0.2, -0.15) is 12.6 Å². The summed E-state index contributed by atoms with van der Waals surface area (Å²) in [4.78, 5) is 0. The molecule has 1 unspecified atom stereocenters. The van der Waals surface area contributed by atoms with Gasteiger partial charge >= 0.3 is 0 Å². The largest absolute Gasteiger partial charge is 0.493 e. The zero-order valence-electron chi connectivity index (χ0n) is 8.23. The SMILES string of the molecule is COc1ccc(C(O)CS)cc1OC. The average molecular weight is 214 g/mol. The summed E-state index contributed by atoms with van der Waals surface area (Å²) in [7, 11) is 3.14. The summed E-state index contributed by atoms with van der Waals surface area (Å²) >= 11 is 4.02. The molecule has 0 spiro atoms. The summed E-state index contributed by atoms with van der Waals surface area (Å²) in [6.07, 6.45) is -0.571. The third-order valence-electron chi connectivity index (χ3n) is 1.97. The Kier molecular flexibility index (Phi) is 4.10. The van der Waals surface area contributed by atoms with Crippen molar-refractivity contribution in [2.45, 2.75) is 6.10 Å². The van der Waals surface area contributed by atoms with Gasteiger partial charge in [-0.25, -0.2) is 0 Å². The highest BCUT2D eigenvalue weighted by molar-refractivity contribution is 7.80. The van der Waals surface area contributed by atoms with Gasteiger partial charge in [0.15, 0.2) is 11.5 Å². The van der Waals surface area contributed by atoms with Crippen molar-refractivity contribution in [3.05, 3.63) is 23.8 Å². The Balaban J connectivity index is 3.01. The smallest absolute Gasteiger partial charge is 0.161 e. The molecule has 0 aromatic heterocycles. The molecule has 78 valence electrons. The second kappa shape index (κ2) is 5.12. The summed E-state index contributed by atoms with van der Waals surface area (Å²) in [5.41, 5.74) is 0.776. The molecule has 3 nitrogen and oxygen atoms in total. The lowest BCUT2D eigenvalue weighted by molar-refractivity contribution is 0.204. The maximum absolute atomic E-state index is 9.54. The molecule has 0 radical (unpaired) electrons. The monoisotopic (exact) mass is 214 g/mol. The van der Waals surface area contributed by atoms with E-state index in [1.54, 1.807) is 32.4 Å². The maximum atomic E-state index is 9.54. The molecule has 0 saturated carbocycles. The van der Waals surface area contributed by atoms with Gasteiger partial charge in [-0.15, -0.1) is 0 Å². The van der Waals surface area contributed by atoms with Crippen molar-refractivity contribution in [3.63, 3.8) is 0 Å². The van der Waals surface area contributed by atoms with Gasteiger partial charge in [0.05, 0.1) is 20.3 Å². The first-order valence-corrected chi connectivity index (χ1v) is 4.87. The number of ether oxygens (including phenoxy) is 2. The Labute approximate surface area is 89.1 Å². The van der Waals surface area contributed by atoms with Gasteiger partial charge in [-0.1, -0.05) is 6.07 Å². The molecule has 0 saturated heterocycles. The van der Waals surface area contributed by atoms with Crippen LogP contribution in [0.25, 0.3) is 0 Å². The number of rotatable bonds is 4. The lowest BCUT2D eigenvalue weighted by Crippen LogP contribution is -2.00. The van der Waals surface area contributed by atoms with Crippen molar-refractivity contribution in [2.75, 3.05) is 20.0 Å². The third-order valence-corrected chi connectivity index (χ3v) is 2.31. The first kappa shape index (κ1) is 11.2. The molecule has 1 rings (SSSR count). The van der Waals surface area contributed by atoms with Crippen LogP contribution in [-0.2, 0) is 0 Å². The number of hydrogen-bond donors (Lipinski definition) is 2. The predicted molar refractivity (Wildman–Crippen MR) is 58.4 cm³/mol. The van der Waals surface area contributed by atoms with E-state index < -0.39 is 6.10 Å². The van der Waals surface area contributed by atoms with Gasteiger partial charge in [0.25, 0.3) is 0 Å². The van der Waals surface area contributed by atoms with E-state index in [2.05, 4.69) is 12.6 Å². The fourth-order valence-corrected chi connectivity index (χ4v) is 1.38. The Morgan fingerprint density at radius 1 is 1.29 bits per heavy atom. The average Bonchev–Trinajstić information content (AvgIpc) is 2.26. The highest BCUT2D eigenvalue weighted by Gasteiger charge is 2.09. The van der Waals surface area contributed by atoms with Gasteiger partial charge in [-0.3, -0.25) is 0 Å². The van der Waals surface area contributed by atoms with Crippen molar-refractivity contribution in [1.29, 1.82) is 0 Å². The van der Waals surface area contributed by atoms with Crippen LogP contribution in [0.2, 0.25) is 0 Å². The van der Waals surface area contributed by atoms with Crippen LogP contribution < -0.4 is 9.47 Å². The van der Waals surface area contributed by atoms with Crippen LogP contribution in [0.1, 0.15) is 11.7 Å². The van der Waals surface area contributed by atoms with Crippen molar-refractivity contribution >= 4 is 12.6 Å². The topological polar surface area (TPSA) is 38.7 Å². The van der Waals surface area contributed by atoms with E-state index in [1.807, 2.05) is 0 Å². The molecule has 1 aromatic carbocycles. The summed E-state index contributed by atoms with van der Waals surface area (Å²) in [6, 6.07) is 5.31. The molecule has 0 bridgehead atoms. The fraction of sp³-hybridized carbons (Fsp3) is 0.400. The molecule has 0 heterocycles. The number of methoxy groups -OCH3 is 2. The Hall–Kier alpha value is -0.870. The van der Waals surface area contributed by atoms with Crippen LogP contribution in [0.4, 0.5) is 0 Å². The summed E-state index contributed by atoms with van der Waals surface area (Å²) in [5.74, 6) is 1.66. The molecule has 0 aliphatic heterocycles. The Morgan fingerprint density at radius 3 is 2.43 bits per heavy atom. The van der Waals surface area contributed by atoms with Crippen molar-refractivity contribution in [3.8, 4) is 11.5 Å². The quantitative estimate of drug-likeness (QED) is 0.749. The van der Waals surface area contributed by atoms with Gasteiger partial charge in [0, 0.05) is 5.75 Å². The molecule has 0 aliphatic carbocycles. The zero-order valence-corrected chi connectivity index (χ0v) is 9.12. The normalized spacial score (nSPS) is 12.3. The van der Waals surface area contributed by atoms with E-state index in [9.17, 15) is 5.11 Å². The molecule has 1 atom stereocenters. The van der Waals surface area contributed by atoms with Crippen LogP contribution in [0.5, 0.6) is 11.5 Å². The first-order valence-electron chi connectivity index (χ1n) is 4.23. The van der Waals surface area contributed by atoms with Crippen LogP contribution >= 0.6 is 12.6 Å². The van der Waals surface area contributed by atoms with E-state index >= 15 is 0 Å². The van der Waals surface area contributed by atoms with E-state index in [4.69, 9.17) is 9.47 Å². The minimum Gasteiger partial charge on any atom is -0.493 e. The van der Waals surface area contributed by atoms with Gasteiger partial charge < -0.3 is 14.6 Å². The first-order chi connectivity index (χ1) is 6.72. The molecular formula is C10H14O3S. The predicted octanol–water partition coefficient (Wildman–Crippen LogP) is 1.67. The van der Waals surface area contributed by atoms with Crippen LogP contribution in [0.3, 0.4) is 0 Å². The lowest BCUT2D eigenvalue weighted by atomic mass is 10.1. The summed E-state index contributed by atoms with van der Waals surface area (Å²) in [6.45, 7) is 0. The van der Waals surface area contributed by atoms with E-state index in [0.717, 1.165) is 5.56 Å². The summed E-state index contributed by atoms with van der Waals surface area (Å²) in [5, 5.41) is 9.54. The molecule has 0 fully saturated rings. The third kappa shape index (κ3) is 2.33. The number of aliphatic hydroxyl groups is 1.